The Morgan fingerprint density at radius 2 is 1.94 bits per heavy atom. The Morgan fingerprint density at radius 1 is 1.19 bits per heavy atom. The zero-order valence-corrected chi connectivity index (χ0v) is 19.3. The number of thiazole rings is 1. The van der Waals surface area contributed by atoms with Crippen molar-refractivity contribution in [2.45, 2.75) is 12.8 Å². The van der Waals surface area contributed by atoms with Crippen LogP contribution in [0.15, 0.2) is 54.3 Å². The van der Waals surface area contributed by atoms with E-state index in [1.165, 1.54) is 17.7 Å². The molecule has 10 nitrogen and oxygen atoms in total. The number of pyridine rings is 1. The molecule has 186 valence electrons. The molecule has 0 amide bonds. The summed E-state index contributed by atoms with van der Waals surface area (Å²) in [5.74, 6) is 0.0523. The highest BCUT2D eigenvalue weighted by atomic mass is 32.1. The number of nitrogens with two attached hydrogens (primary N) is 1. The van der Waals surface area contributed by atoms with Crippen LogP contribution in [0.25, 0.3) is 27.8 Å². The van der Waals surface area contributed by atoms with E-state index in [0.29, 0.717) is 12.4 Å². The lowest BCUT2D eigenvalue weighted by Crippen LogP contribution is -2.21. The van der Waals surface area contributed by atoms with E-state index in [-0.39, 0.29) is 0 Å². The van der Waals surface area contributed by atoms with Crippen LogP contribution < -0.4 is 15.8 Å². The van der Waals surface area contributed by atoms with Gasteiger partial charge in [0.1, 0.15) is 41.1 Å². The lowest BCUT2D eigenvalue weighted by molar-refractivity contribution is -0.192. The molecule has 0 atom stereocenters. The van der Waals surface area contributed by atoms with Crippen LogP contribution in [0.5, 0.6) is 5.75 Å². The van der Waals surface area contributed by atoms with Crippen molar-refractivity contribution in [3.8, 4) is 11.6 Å². The number of carboxylic acids is 1. The summed E-state index contributed by atoms with van der Waals surface area (Å²) in [6, 6.07) is 11.7. The second-order valence-electron chi connectivity index (χ2n) is 7.17. The highest BCUT2D eigenvalue weighted by Crippen LogP contribution is 2.25. The molecule has 0 saturated heterocycles. The number of rotatable bonds is 5. The Hall–Kier alpha value is -4.46. The number of ether oxygens (including phenoxy) is 1. The van der Waals surface area contributed by atoms with Crippen molar-refractivity contribution >= 4 is 50.9 Å². The van der Waals surface area contributed by atoms with Gasteiger partial charge >= 0.3 is 12.1 Å². The fourth-order valence-electron chi connectivity index (χ4n) is 3.11. The van der Waals surface area contributed by atoms with Crippen molar-refractivity contribution in [3.63, 3.8) is 0 Å². The average molecular weight is 517 g/mol. The number of carbonyl (C=O) groups is 1. The van der Waals surface area contributed by atoms with Gasteiger partial charge in [-0.05, 0) is 30.3 Å². The number of aromatic nitrogens is 5. The molecule has 0 saturated carbocycles. The summed E-state index contributed by atoms with van der Waals surface area (Å²) >= 11 is 1.53. The molecular weight excluding hydrogens is 499 g/mol. The van der Waals surface area contributed by atoms with Gasteiger partial charge in [-0.2, -0.15) is 13.2 Å². The summed E-state index contributed by atoms with van der Waals surface area (Å²) < 4.78 is 39.6. The maximum Gasteiger partial charge on any atom is 0.490 e. The molecule has 0 spiro atoms. The summed E-state index contributed by atoms with van der Waals surface area (Å²) in [6.45, 7) is 0.373. The maximum atomic E-state index is 10.6. The standard InChI is InChI=1S/C20H17N7OS.C2HF3O2/c1-22-16-5-3-12-2-4-13(8-15(12)25-16)28-9-18-26-17(10-29-18)27-7-6-14-19(21)23-11-24-20(14)27;3-2(4,5)1(6)7/h2-8,10-11H,9H2,1H3,(H,22,25)(H2,21,23,24);(H,6,7). The van der Waals surface area contributed by atoms with E-state index in [2.05, 4.69) is 25.3 Å². The number of nitrogens with zero attached hydrogens (tertiary/aromatic N) is 5. The van der Waals surface area contributed by atoms with Crippen LogP contribution in [-0.4, -0.2) is 48.8 Å². The maximum absolute atomic E-state index is 10.6. The second kappa shape index (κ2) is 10.0. The molecule has 0 fully saturated rings. The van der Waals surface area contributed by atoms with Crippen LogP contribution in [0.4, 0.5) is 24.8 Å². The van der Waals surface area contributed by atoms with Crippen LogP contribution in [0.3, 0.4) is 0 Å². The molecule has 0 aliphatic rings. The topological polar surface area (TPSA) is 141 Å². The van der Waals surface area contributed by atoms with Crippen molar-refractivity contribution in [2.75, 3.05) is 18.1 Å². The molecule has 4 aromatic heterocycles. The van der Waals surface area contributed by atoms with Gasteiger partial charge in [-0.1, -0.05) is 0 Å². The first-order chi connectivity index (χ1) is 17.2. The molecular formula is C22H18F3N7O3S. The molecule has 5 aromatic rings. The Labute approximate surface area is 205 Å². The van der Waals surface area contributed by atoms with Crippen LogP contribution >= 0.6 is 11.3 Å². The van der Waals surface area contributed by atoms with Gasteiger partial charge in [-0.25, -0.2) is 24.7 Å². The van der Waals surface area contributed by atoms with Crippen LogP contribution in [0.2, 0.25) is 0 Å². The van der Waals surface area contributed by atoms with Crippen molar-refractivity contribution in [2.24, 2.45) is 0 Å². The molecule has 36 heavy (non-hydrogen) atoms. The number of hydrogen-bond acceptors (Lipinski definition) is 9. The number of carboxylic acid groups (broad SMARTS) is 1. The van der Waals surface area contributed by atoms with E-state index in [9.17, 15) is 13.2 Å². The smallest absolute Gasteiger partial charge is 0.486 e. The zero-order valence-electron chi connectivity index (χ0n) is 18.5. The van der Waals surface area contributed by atoms with E-state index in [1.807, 2.05) is 59.6 Å². The number of alkyl halides is 3. The van der Waals surface area contributed by atoms with Gasteiger partial charge < -0.3 is 20.9 Å². The first-order valence-electron chi connectivity index (χ1n) is 10.2. The third kappa shape index (κ3) is 5.43. The van der Waals surface area contributed by atoms with Crippen molar-refractivity contribution in [3.05, 3.63) is 59.3 Å². The lowest BCUT2D eigenvalue weighted by atomic mass is 10.2. The Kier molecular flexibility index (Phi) is 6.87. The van der Waals surface area contributed by atoms with Gasteiger partial charge in [0.15, 0.2) is 5.65 Å². The average Bonchev–Trinajstić information content (AvgIpc) is 3.49. The van der Waals surface area contributed by atoms with Gasteiger partial charge in [0.05, 0.1) is 10.9 Å². The Balaban J connectivity index is 0.000000384. The van der Waals surface area contributed by atoms with E-state index >= 15 is 0 Å². The molecule has 4 N–H and O–H groups in total. The highest BCUT2D eigenvalue weighted by molar-refractivity contribution is 7.09. The lowest BCUT2D eigenvalue weighted by Gasteiger charge is -2.06. The molecule has 4 heterocycles. The number of nitrogen functional groups attached to an aromatic ring is 1. The number of benzene rings is 1. The second-order valence-corrected chi connectivity index (χ2v) is 8.12. The zero-order chi connectivity index (χ0) is 25.9. The molecule has 14 heteroatoms. The third-order valence-corrected chi connectivity index (χ3v) is 5.63. The van der Waals surface area contributed by atoms with Gasteiger partial charge in [0, 0.05) is 30.1 Å². The van der Waals surface area contributed by atoms with Gasteiger partial charge in [0.25, 0.3) is 0 Å². The minimum atomic E-state index is -5.08. The summed E-state index contributed by atoms with van der Waals surface area (Å²) in [5, 5.41) is 14.9. The minimum Gasteiger partial charge on any atom is -0.486 e. The predicted molar refractivity (Wildman–Crippen MR) is 128 cm³/mol. The van der Waals surface area contributed by atoms with Crippen molar-refractivity contribution in [1.29, 1.82) is 0 Å². The quantitative estimate of drug-likeness (QED) is 0.312. The van der Waals surface area contributed by atoms with Crippen molar-refractivity contribution in [1.82, 2.24) is 24.5 Å². The summed E-state index contributed by atoms with van der Waals surface area (Å²) in [4.78, 5) is 26.5. The molecule has 0 unspecified atom stereocenters. The van der Waals surface area contributed by atoms with Gasteiger partial charge in [0.2, 0.25) is 0 Å². The first-order valence-corrected chi connectivity index (χ1v) is 11.1. The predicted octanol–water partition coefficient (Wildman–Crippen LogP) is 4.26. The van der Waals surface area contributed by atoms with E-state index in [1.54, 1.807) is 0 Å². The van der Waals surface area contributed by atoms with Crippen LogP contribution in [0, 0.1) is 0 Å². The van der Waals surface area contributed by atoms with E-state index in [0.717, 1.165) is 44.3 Å². The third-order valence-electron chi connectivity index (χ3n) is 4.82. The number of anilines is 2. The fraction of sp³-hybridized carbons (Fsp3) is 0.136. The Bertz CT molecular complexity index is 1530. The monoisotopic (exact) mass is 517 g/mol. The molecule has 1 aromatic carbocycles. The number of aliphatic carboxylic acids is 1. The van der Waals surface area contributed by atoms with Crippen molar-refractivity contribution < 1.29 is 27.8 Å². The number of nitrogens with one attached hydrogen (secondary N) is 1. The van der Waals surface area contributed by atoms with Crippen LogP contribution in [0.1, 0.15) is 5.01 Å². The summed E-state index contributed by atoms with van der Waals surface area (Å²) in [6.07, 6.45) is -1.73. The summed E-state index contributed by atoms with van der Waals surface area (Å²) in [7, 11) is 1.85. The van der Waals surface area contributed by atoms with E-state index in [4.69, 9.17) is 20.4 Å². The SMILES string of the molecule is CNc1ccc2ccc(OCc3nc(-n4ccc5c(N)ncnc54)cs3)cc2n1.O=C(O)C(F)(F)F. The first kappa shape index (κ1) is 24.7. The minimum absolute atomic E-state index is 0.373. The Morgan fingerprint density at radius 3 is 2.67 bits per heavy atom. The van der Waals surface area contributed by atoms with Crippen LogP contribution in [-0.2, 0) is 11.4 Å². The molecule has 0 aliphatic carbocycles. The number of fused-ring (bicyclic) bond motifs is 2. The normalized spacial score (nSPS) is 11.2. The molecule has 5 rings (SSSR count). The van der Waals surface area contributed by atoms with E-state index < -0.39 is 12.1 Å². The van der Waals surface area contributed by atoms with Gasteiger partial charge in [-0.3, -0.25) is 4.57 Å². The number of halogens is 3. The molecule has 0 bridgehead atoms. The molecule has 0 radical (unpaired) electrons. The largest absolute Gasteiger partial charge is 0.490 e. The number of hydrogen-bond donors (Lipinski definition) is 3. The van der Waals surface area contributed by atoms with Gasteiger partial charge in [-0.15, -0.1) is 11.3 Å². The molecule has 0 aliphatic heterocycles. The fourth-order valence-corrected chi connectivity index (χ4v) is 3.79. The highest BCUT2D eigenvalue weighted by Gasteiger charge is 2.38. The summed E-state index contributed by atoms with van der Waals surface area (Å²) in [5.41, 5.74) is 7.52.